The van der Waals surface area contributed by atoms with Crippen LogP contribution in [-0.2, 0) is 15.3 Å². The minimum Gasteiger partial charge on any atom is -0.464 e. The van der Waals surface area contributed by atoms with Crippen LogP contribution in [0.1, 0.15) is 105 Å². The number of pyridine rings is 1. The van der Waals surface area contributed by atoms with E-state index in [1.54, 1.807) is 12.4 Å². The molecule has 0 aromatic carbocycles. The fraction of sp³-hybridized carbons (Fsp3) is 0.625. The lowest BCUT2D eigenvalue weighted by molar-refractivity contribution is 0.115. The number of fused-ring (bicyclic) bond motifs is 1. The highest BCUT2D eigenvalue weighted by atomic mass is 28.4. The Hall–Kier alpha value is -3.18. The molecule has 10 nitrogen and oxygen atoms in total. The Bertz CT molecular complexity index is 1500. The summed E-state index contributed by atoms with van der Waals surface area (Å²) in [7, 11) is -1.83. The molecule has 0 aliphatic heterocycles. The number of nitrogens with zero attached hydrogens (tertiary/aromatic N) is 4. The summed E-state index contributed by atoms with van der Waals surface area (Å²) in [6.07, 6.45) is 6.22. The summed E-state index contributed by atoms with van der Waals surface area (Å²) in [6, 6.07) is 0.238. The van der Waals surface area contributed by atoms with Crippen LogP contribution in [0.3, 0.4) is 0 Å². The molecule has 1 aliphatic rings. The number of aromatic nitrogens is 3. The normalized spacial score (nSPS) is 18.7. The van der Waals surface area contributed by atoms with Crippen molar-refractivity contribution < 1.29 is 28.6 Å². The molecule has 236 valence electrons. The van der Waals surface area contributed by atoms with Crippen LogP contribution in [-0.4, -0.2) is 51.6 Å². The van der Waals surface area contributed by atoms with Gasteiger partial charge < -0.3 is 19.1 Å². The van der Waals surface area contributed by atoms with Gasteiger partial charge in [-0.1, -0.05) is 62.3 Å². The predicted molar refractivity (Wildman–Crippen MR) is 171 cm³/mol. The Labute approximate surface area is 255 Å². The van der Waals surface area contributed by atoms with E-state index in [-0.39, 0.29) is 33.5 Å². The number of amides is 2. The van der Waals surface area contributed by atoms with Gasteiger partial charge in [-0.2, -0.15) is 10.00 Å². The number of hydrogen-bond acceptors (Lipinski definition) is 6. The van der Waals surface area contributed by atoms with Crippen molar-refractivity contribution in [1.29, 1.82) is 0 Å². The maximum absolute atomic E-state index is 12.0. The van der Waals surface area contributed by atoms with E-state index in [2.05, 4.69) is 59.6 Å². The van der Waals surface area contributed by atoms with Crippen LogP contribution in [0, 0.1) is 0 Å². The number of anilines is 1. The van der Waals surface area contributed by atoms with E-state index in [9.17, 15) is 19.8 Å². The van der Waals surface area contributed by atoms with Crippen molar-refractivity contribution in [2.75, 3.05) is 4.90 Å². The van der Waals surface area contributed by atoms with E-state index in [1.165, 1.54) is 0 Å². The second kappa shape index (κ2) is 11.1. The van der Waals surface area contributed by atoms with Crippen molar-refractivity contribution in [3.63, 3.8) is 0 Å². The van der Waals surface area contributed by atoms with E-state index in [0.717, 1.165) is 42.4 Å². The van der Waals surface area contributed by atoms with Crippen LogP contribution >= 0.6 is 0 Å². The van der Waals surface area contributed by atoms with Gasteiger partial charge in [0.25, 0.3) is 0 Å². The van der Waals surface area contributed by atoms with Crippen molar-refractivity contribution in [3.8, 4) is 11.1 Å². The first-order valence-corrected chi connectivity index (χ1v) is 18.0. The molecule has 0 atom stereocenters. The van der Waals surface area contributed by atoms with E-state index >= 15 is 0 Å². The standard InChI is InChI=1S/C32H48N4O6Si/c1-30(2,3)24-23-22(17-33-27(36(28(37)38)29(39)40)25(23)41-26(24)31(4,5)6)19-16-34-35(18-19)20-12-14-21(15-13-20)42-43(10,11)32(7,8)9/h16-18,20-21H,12-15H2,1-11H3,(H,37,38)(H,39,40). The van der Waals surface area contributed by atoms with Crippen LogP contribution in [0.15, 0.2) is 23.0 Å². The Morgan fingerprint density at radius 2 is 1.53 bits per heavy atom. The quantitative estimate of drug-likeness (QED) is 0.273. The minimum absolute atomic E-state index is 0.133. The van der Waals surface area contributed by atoms with E-state index in [1.807, 2.05) is 31.6 Å². The van der Waals surface area contributed by atoms with Gasteiger partial charge in [0.05, 0.1) is 12.2 Å². The fourth-order valence-electron chi connectivity index (χ4n) is 5.68. The molecule has 2 N–H and O–H groups in total. The maximum Gasteiger partial charge on any atom is 0.422 e. The van der Waals surface area contributed by atoms with Crippen LogP contribution in [0.2, 0.25) is 18.1 Å². The topological polar surface area (TPSA) is 131 Å². The average Bonchev–Trinajstić information content (AvgIpc) is 3.49. The molecule has 1 aliphatic carbocycles. The van der Waals surface area contributed by atoms with Crippen molar-refractivity contribution in [3.05, 3.63) is 29.9 Å². The molecule has 11 heteroatoms. The van der Waals surface area contributed by atoms with E-state index in [4.69, 9.17) is 13.9 Å². The second-order valence-electron chi connectivity index (χ2n) is 15.4. The molecule has 1 saturated carbocycles. The molecule has 3 heterocycles. The molecule has 3 aromatic heterocycles. The van der Waals surface area contributed by atoms with Crippen LogP contribution in [0.25, 0.3) is 22.1 Å². The van der Waals surface area contributed by atoms with Crippen molar-refractivity contribution in [1.82, 2.24) is 14.8 Å². The van der Waals surface area contributed by atoms with Gasteiger partial charge in [-0.05, 0) is 49.2 Å². The van der Waals surface area contributed by atoms with Gasteiger partial charge >= 0.3 is 12.2 Å². The SMILES string of the molecule is CC(C)(C)c1oc2c(N(C(=O)O)C(=O)O)ncc(-c3cnn(C4CCC(O[Si](C)(C)C(C)(C)C)CC4)c3)c2c1C(C)(C)C. The number of furan rings is 1. The minimum atomic E-state index is -1.83. The van der Waals surface area contributed by atoms with E-state index < -0.39 is 31.3 Å². The lowest BCUT2D eigenvalue weighted by Gasteiger charge is -2.41. The van der Waals surface area contributed by atoms with Gasteiger partial charge in [0.1, 0.15) is 5.76 Å². The molecule has 43 heavy (non-hydrogen) atoms. The van der Waals surface area contributed by atoms with Crippen molar-refractivity contribution >= 4 is 37.3 Å². The molecule has 3 aromatic rings. The number of imide groups is 1. The highest BCUT2D eigenvalue weighted by Gasteiger charge is 2.40. The first-order valence-electron chi connectivity index (χ1n) is 15.1. The zero-order valence-corrected chi connectivity index (χ0v) is 28.5. The highest BCUT2D eigenvalue weighted by Crippen LogP contribution is 2.47. The molecule has 1 fully saturated rings. The zero-order valence-electron chi connectivity index (χ0n) is 27.5. The third kappa shape index (κ3) is 6.38. The van der Waals surface area contributed by atoms with E-state index in [0.29, 0.717) is 11.1 Å². The summed E-state index contributed by atoms with van der Waals surface area (Å²) >= 11 is 0. The first kappa shape index (κ1) is 32.7. The summed E-state index contributed by atoms with van der Waals surface area (Å²) in [6.45, 7) is 23.7. The Balaban J connectivity index is 1.77. The molecule has 0 unspecified atom stereocenters. The largest absolute Gasteiger partial charge is 0.464 e. The summed E-state index contributed by atoms with van der Waals surface area (Å²) < 4.78 is 15.1. The number of carbonyl (C=O) groups is 2. The third-order valence-corrected chi connectivity index (χ3v) is 13.5. The molecule has 0 saturated heterocycles. The monoisotopic (exact) mass is 612 g/mol. The first-order chi connectivity index (χ1) is 19.6. The zero-order chi connectivity index (χ0) is 32.3. The van der Waals surface area contributed by atoms with Gasteiger partial charge in [-0.3, -0.25) is 4.68 Å². The summed E-state index contributed by atoms with van der Waals surface area (Å²) in [4.78, 5) is 28.6. The molecule has 2 amide bonds. The van der Waals surface area contributed by atoms with Gasteiger partial charge in [-0.25, -0.2) is 14.6 Å². The maximum atomic E-state index is 12.0. The summed E-state index contributed by atoms with van der Waals surface area (Å²) in [5.74, 6) is 0.390. The van der Waals surface area contributed by atoms with Crippen molar-refractivity contribution in [2.24, 2.45) is 0 Å². The molecule has 0 spiro atoms. The van der Waals surface area contributed by atoms with Crippen LogP contribution in [0.5, 0.6) is 0 Å². The summed E-state index contributed by atoms with van der Waals surface area (Å²) in [5.41, 5.74) is 1.71. The Kier molecular flexibility index (Phi) is 8.42. The Morgan fingerprint density at radius 3 is 2.02 bits per heavy atom. The smallest absolute Gasteiger partial charge is 0.422 e. The van der Waals surface area contributed by atoms with Crippen LogP contribution in [0.4, 0.5) is 15.4 Å². The molecule has 4 rings (SSSR count). The second-order valence-corrected chi connectivity index (χ2v) is 20.2. The van der Waals surface area contributed by atoms with Crippen molar-refractivity contribution in [2.45, 2.75) is 129 Å². The summed E-state index contributed by atoms with van der Waals surface area (Å²) in [5, 5.41) is 25.1. The van der Waals surface area contributed by atoms with Gasteiger partial charge in [0.15, 0.2) is 19.7 Å². The van der Waals surface area contributed by atoms with Gasteiger partial charge in [-0.15, -0.1) is 0 Å². The third-order valence-electron chi connectivity index (χ3n) is 8.92. The number of rotatable bonds is 5. The molecule has 0 radical (unpaired) electrons. The highest BCUT2D eigenvalue weighted by molar-refractivity contribution is 6.74. The fourth-order valence-corrected chi connectivity index (χ4v) is 7.10. The molecular weight excluding hydrogens is 564 g/mol. The lowest BCUT2D eigenvalue weighted by Crippen LogP contribution is -2.44. The lowest BCUT2D eigenvalue weighted by atomic mass is 9.78. The number of carboxylic acid groups (broad SMARTS) is 2. The molecule has 0 bridgehead atoms. The number of hydrogen-bond donors (Lipinski definition) is 2. The Morgan fingerprint density at radius 1 is 0.953 bits per heavy atom. The predicted octanol–water partition coefficient (Wildman–Crippen LogP) is 8.95. The van der Waals surface area contributed by atoms with Crippen LogP contribution < -0.4 is 4.90 Å². The average molecular weight is 613 g/mol. The van der Waals surface area contributed by atoms with Gasteiger partial charge in [0.2, 0.25) is 0 Å². The molecular formula is C32H48N4O6Si. The van der Waals surface area contributed by atoms with Gasteiger partial charge in [0, 0.05) is 46.0 Å².